The van der Waals surface area contributed by atoms with Gasteiger partial charge in [0.1, 0.15) is 22.9 Å². The van der Waals surface area contributed by atoms with Crippen LogP contribution in [0.3, 0.4) is 0 Å². The van der Waals surface area contributed by atoms with E-state index in [1.54, 1.807) is 50.2 Å². The van der Waals surface area contributed by atoms with Crippen LogP contribution in [0.4, 0.5) is 11.4 Å². The van der Waals surface area contributed by atoms with Crippen LogP contribution in [0.1, 0.15) is 20.8 Å². The first-order valence-electron chi connectivity index (χ1n) is 10.8. The molecule has 2 aromatic carbocycles. The molecule has 0 bridgehead atoms. The number of nitrogens with one attached hydrogen (secondary N) is 2. The number of methoxy groups -OCH3 is 2. The number of benzene rings is 2. The molecular formula is C25H23ClN4O5S. The highest BCUT2D eigenvalue weighted by Crippen LogP contribution is 2.31. The zero-order valence-corrected chi connectivity index (χ0v) is 21.5. The predicted octanol–water partition coefficient (Wildman–Crippen LogP) is 4.64. The minimum absolute atomic E-state index is 0.273. The number of nitrogens with zero attached hydrogens (tertiary/aromatic N) is 2. The number of anilines is 2. The molecule has 0 fully saturated rings. The van der Waals surface area contributed by atoms with Gasteiger partial charge >= 0.3 is 0 Å². The van der Waals surface area contributed by atoms with Crippen LogP contribution in [-0.2, 0) is 11.3 Å². The number of thiophene rings is 1. The Labute approximate surface area is 215 Å². The number of para-hydroxylation sites is 2. The molecule has 4 rings (SSSR count). The first-order valence-corrected chi connectivity index (χ1v) is 12.0. The molecule has 0 radical (unpaired) electrons. The fourth-order valence-corrected chi connectivity index (χ4v) is 4.88. The number of carbonyl (C=O) groups is 2. The maximum Gasteiger partial charge on any atom is 0.266 e. The van der Waals surface area contributed by atoms with Crippen LogP contribution in [0.15, 0.2) is 47.5 Å². The Morgan fingerprint density at radius 3 is 2.50 bits per heavy atom. The van der Waals surface area contributed by atoms with Gasteiger partial charge in [0, 0.05) is 11.1 Å². The molecule has 4 aromatic rings. The van der Waals surface area contributed by atoms with E-state index in [2.05, 4.69) is 15.6 Å². The zero-order valence-electron chi connectivity index (χ0n) is 20.0. The lowest BCUT2D eigenvalue weighted by molar-refractivity contribution is -0.116. The number of ether oxygens (including phenoxy) is 2. The van der Waals surface area contributed by atoms with Crippen LogP contribution >= 0.6 is 22.9 Å². The van der Waals surface area contributed by atoms with Gasteiger partial charge in [0.2, 0.25) is 5.91 Å². The molecule has 0 aliphatic rings. The van der Waals surface area contributed by atoms with Crippen LogP contribution in [0.25, 0.3) is 10.2 Å². The van der Waals surface area contributed by atoms with Crippen molar-refractivity contribution < 1.29 is 19.1 Å². The predicted molar refractivity (Wildman–Crippen MR) is 141 cm³/mol. The minimum Gasteiger partial charge on any atom is -0.495 e. The first-order chi connectivity index (χ1) is 17.2. The molecule has 186 valence electrons. The van der Waals surface area contributed by atoms with Crippen molar-refractivity contribution >= 4 is 56.3 Å². The van der Waals surface area contributed by atoms with E-state index in [9.17, 15) is 14.4 Å². The van der Waals surface area contributed by atoms with Gasteiger partial charge in [0.25, 0.3) is 11.5 Å². The van der Waals surface area contributed by atoms with Gasteiger partial charge in [-0.3, -0.25) is 19.0 Å². The molecule has 36 heavy (non-hydrogen) atoms. The number of halogens is 1. The molecular weight excluding hydrogens is 504 g/mol. The SMILES string of the molecule is COc1cc(Cl)c(C)cc1NC(=O)Cn1cnc2sc(C(=O)Nc3ccccc3OC)c(C)c2c1=O. The van der Waals surface area contributed by atoms with E-state index < -0.39 is 11.5 Å². The summed E-state index contributed by atoms with van der Waals surface area (Å²) in [6, 6.07) is 10.3. The van der Waals surface area contributed by atoms with E-state index in [1.165, 1.54) is 25.1 Å². The molecule has 2 N–H and O–H groups in total. The molecule has 0 aliphatic heterocycles. The summed E-state index contributed by atoms with van der Waals surface area (Å²) in [5.74, 6) is 0.0945. The van der Waals surface area contributed by atoms with E-state index in [0.29, 0.717) is 48.6 Å². The number of fused-ring (bicyclic) bond motifs is 1. The quantitative estimate of drug-likeness (QED) is 0.363. The molecule has 9 nitrogen and oxygen atoms in total. The highest BCUT2D eigenvalue weighted by Gasteiger charge is 2.21. The lowest BCUT2D eigenvalue weighted by Gasteiger charge is -2.13. The lowest BCUT2D eigenvalue weighted by Crippen LogP contribution is -2.28. The van der Waals surface area contributed by atoms with Crippen LogP contribution in [0.5, 0.6) is 11.5 Å². The smallest absolute Gasteiger partial charge is 0.266 e. The summed E-state index contributed by atoms with van der Waals surface area (Å²) in [4.78, 5) is 44.0. The number of carbonyl (C=O) groups excluding carboxylic acids is 2. The van der Waals surface area contributed by atoms with Gasteiger partial charge in [-0.25, -0.2) is 4.98 Å². The number of hydrogen-bond donors (Lipinski definition) is 2. The molecule has 0 saturated heterocycles. The fraction of sp³-hybridized carbons (Fsp3) is 0.200. The van der Waals surface area contributed by atoms with Gasteiger partial charge < -0.3 is 20.1 Å². The number of hydrogen-bond acceptors (Lipinski definition) is 7. The second-order valence-corrected chi connectivity index (χ2v) is 9.32. The molecule has 11 heteroatoms. The van der Waals surface area contributed by atoms with E-state index >= 15 is 0 Å². The van der Waals surface area contributed by atoms with Gasteiger partial charge in [-0.05, 0) is 43.2 Å². The lowest BCUT2D eigenvalue weighted by atomic mass is 10.2. The molecule has 0 saturated carbocycles. The highest BCUT2D eigenvalue weighted by molar-refractivity contribution is 7.20. The summed E-state index contributed by atoms with van der Waals surface area (Å²) in [5, 5.41) is 6.36. The van der Waals surface area contributed by atoms with Crippen LogP contribution in [-0.4, -0.2) is 35.6 Å². The summed E-state index contributed by atoms with van der Waals surface area (Å²) < 4.78 is 11.8. The topological polar surface area (TPSA) is 112 Å². The van der Waals surface area contributed by atoms with Crippen molar-refractivity contribution in [1.29, 1.82) is 0 Å². The second kappa shape index (κ2) is 10.4. The third kappa shape index (κ3) is 4.91. The summed E-state index contributed by atoms with van der Waals surface area (Å²) >= 11 is 7.24. The zero-order chi connectivity index (χ0) is 26.0. The third-order valence-corrected chi connectivity index (χ3v) is 7.15. The van der Waals surface area contributed by atoms with Crippen molar-refractivity contribution in [2.24, 2.45) is 0 Å². The molecule has 2 heterocycles. The van der Waals surface area contributed by atoms with E-state index in [0.717, 1.165) is 16.9 Å². The molecule has 0 unspecified atom stereocenters. The number of amides is 2. The van der Waals surface area contributed by atoms with Gasteiger partial charge in [-0.2, -0.15) is 0 Å². The number of aryl methyl sites for hydroxylation is 2. The molecule has 0 spiro atoms. The van der Waals surface area contributed by atoms with Crippen molar-refractivity contribution in [3.8, 4) is 11.5 Å². The summed E-state index contributed by atoms with van der Waals surface area (Å²) in [5.41, 5.74) is 1.79. The Balaban J connectivity index is 1.59. The standard InChI is InChI=1S/C25H23ClN4O5S/c1-13-9-17(19(35-4)10-15(13)26)28-20(31)11-30-12-27-24-21(25(30)33)14(2)22(36-24)23(32)29-16-7-5-6-8-18(16)34-3/h5-10,12H,11H2,1-4H3,(H,28,31)(H,29,32). The molecule has 0 atom stereocenters. The second-order valence-electron chi connectivity index (χ2n) is 7.92. The Bertz CT molecular complexity index is 1550. The Hall–Kier alpha value is -3.89. The summed E-state index contributed by atoms with van der Waals surface area (Å²) in [6.07, 6.45) is 1.30. The monoisotopic (exact) mass is 526 g/mol. The molecule has 0 aliphatic carbocycles. The average Bonchev–Trinajstić information content (AvgIpc) is 3.20. The Kier molecular flexibility index (Phi) is 7.27. The summed E-state index contributed by atoms with van der Waals surface area (Å²) in [7, 11) is 2.99. The van der Waals surface area contributed by atoms with Crippen LogP contribution in [0.2, 0.25) is 5.02 Å². The maximum absolute atomic E-state index is 13.2. The van der Waals surface area contributed by atoms with Crippen molar-refractivity contribution in [2.45, 2.75) is 20.4 Å². The molecule has 2 aromatic heterocycles. The Morgan fingerprint density at radius 1 is 1.06 bits per heavy atom. The minimum atomic E-state index is -0.444. The van der Waals surface area contributed by atoms with Crippen molar-refractivity contribution in [1.82, 2.24) is 9.55 Å². The third-order valence-electron chi connectivity index (χ3n) is 5.55. The van der Waals surface area contributed by atoms with Gasteiger partial charge in [0.05, 0.1) is 42.2 Å². The number of rotatable bonds is 7. The summed E-state index contributed by atoms with van der Waals surface area (Å²) in [6.45, 7) is 3.22. The Morgan fingerprint density at radius 2 is 1.78 bits per heavy atom. The van der Waals surface area contributed by atoms with Gasteiger partial charge in [-0.15, -0.1) is 11.3 Å². The number of aromatic nitrogens is 2. The van der Waals surface area contributed by atoms with Crippen molar-refractivity contribution in [3.63, 3.8) is 0 Å². The van der Waals surface area contributed by atoms with E-state index in [-0.39, 0.29) is 12.5 Å². The first kappa shape index (κ1) is 25.2. The maximum atomic E-state index is 13.2. The average molecular weight is 527 g/mol. The van der Waals surface area contributed by atoms with Gasteiger partial charge in [-0.1, -0.05) is 23.7 Å². The van der Waals surface area contributed by atoms with Gasteiger partial charge in [0.15, 0.2) is 0 Å². The molecule has 2 amide bonds. The largest absolute Gasteiger partial charge is 0.495 e. The van der Waals surface area contributed by atoms with E-state index in [1.807, 2.05) is 0 Å². The van der Waals surface area contributed by atoms with Crippen molar-refractivity contribution in [3.05, 3.63) is 74.1 Å². The van der Waals surface area contributed by atoms with Crippen LogP contribution < -0.4 is 25.7 Å². The van der Waals surface area contributed by atoms with E-state index in [4.69, 9.17) is 21.1 Å². The highest BCUT2D eigenvalue weighted by atomic mass is 35.5. The van der Waals surface area contributed by atoms with Crippen LogP contribution in [0, 0.1) is 13.8 Å². The van der Waals surface area contributed by atoms with Crippen molar-refractivity contribution in [2.75, 3.05) is 24.9 Å². The normalized spacial score (nSPS) is 10.8. The fourth-order valence-electron chi connectivity index (χ4n) is 3.69.